The van der Waals surface area contributed by atoms with Crippen molar-refractivity contribution in [2.75, 3.05) is 0 Å². The largest absolute Gasteiger partial charge is 0.458 e. The summed E-state index contributed by atoms with van der Waals surface area (Å²) in [6.07, 6.45) is 0. The Morgan fingerprint density at radius 3 is 1.80 bits per heavy atom. The number of rotatable bonds is 1. The highest BCUT2D eigenvalue weighted by Crippen LogP contribution is 2.51. The average Bonchev–Trinajstić information content (AvgIpc) is 3.86. The van der Waals surface area contributed by atoms with E-state index in [1.165, 1.54) is 47.6 Å². The summed E-state index contributed by atoms with van der Waals surface area (Å²) >= 11 is 1.85. The maximum atomic E-state index is 7.01. The second-order valence-electron chi connectivity index (χ2n) is 17.7. The summed E-state index contributed by atoms with van der Waals surface area (Å²) < 4.78 is 25.8. The molecule has 6 heteroatoms. The Hall–Kier alpha value is -5.98. The molecular formula is C50H38BNO3S. The summed E-state index contributed by atoms with van der Waals surface area (Å²) in [7, 11) is 0. The number of furan rings is 1. The van der Waals surface area contributed by atoms with Crippen molar-refractivity contribution in [2.24, 2.45) is 0 Å². The lowest BCUT2D eigenvalue weighted by Gasteiger charge is -2.35. The zero-order valence-electron chi connectivity index (χ0n) is 32.2. The van der Waals surface area contributed by atoms with E-state index >= 15 is 0 Å². The minimum atomic E-state index is -0.0352. The number of fused-ring (bicyclic) bond motifs is 16. The highest BCUT2D eigenvalue weighted by atomic mass is 32.1. The molecule has 2 aliphatic rings. The molecule has 0 saturated carbocycles. The van der Waals surface area contributed by atoms with Gasteiger partial charge >= 0.3 is 0 Å². The number of thiophene rings is 1. The Bertz CT molecular complexity index is 3230. The summed E-state index contributed by atoms with van der Waals surface area (Å²) in [5, 5.41) is 7.07. The topological polar surface area (TPSA) is 36.5 Å². The van der Waals surface area contributed by atoms with E-state index in [1.807, 2.05) is 11.3 Å². The number of aromatic nitrogens is 1. The Morgan fingerprint density at radius 2 is 1.14 bits per heavy atom. The summed E-state index contributed by atoms with van der Waals surface area (Å²) in [5.74, 6) is 3.44. The van der Waals surface area contributed by atoms with E-state index in [-0.39, 0.29) is 17.5 Å². The zero-order valence-corrected chi connectivity index (χ0v) is 33.0. The van der Waals surface area contributed by atoms with E-state index < -0.39 is 0 Å². The van der Waals surface area contributed by atoms with Crippen LogP contribution in [0.15, 0.2) is 126 Å². The van der Waals surface area contributed by atoms with Crippen LogP contribution in [0.2, 0.25) is 0 Å². The molecular weight excluding hydrogens is 705 g/mol. The molecule has 56 heavy (non-hydrogen) atoms. The molecule has 0 bridgehead atoms. The Labute approximate surface area is 329 Å². The van der Waals surface area contributed by atoms with Gasteiger partial charge in [-0.25, -0.2) is 0 Å². The number of benzene rings is 7. The lowest BCUT2D eigenvalue weighted by atomic mass is 9.34. The first-order valence-electron chi connectivity index (χ1n) is 19.5. The van der Waals surface area contributed by atoms with Crippen LogP contribution in [-0.4, -0.2) is 11.3 Å². The number of hydrogen-bond donors (Lipinski definition) is 0. The molecule has 270 valence electrons. The van der Waals surface area contributed by atoms with Crippen LogP contribution in [0.1, 0.15) is 52.7 Å². The molecule has 7 aromatic carbocycles. The van der Waals surface area contributed by atoms with Crippen LogP contribution < -0.4 is 25.9 Å². The van der Waals surface area contributed by atoms with Crippen molar-refractivity contribution < 1.29 is 13.9 Å². The summed E-state index contributed by atoms with van der Waals surface area (Å²) in [6, 6.07) is 44.0. The van der Waals surface area contributed by atoms with Gasteiger partial charge in [0.05, 0.1) is 22.1 Å². The van der Waals surface area contributed by atoms with Crippen molar-refractivity contribution in [1.29, 1.82) is 0 Å². The molecule has 0 radical (unpaired) electrons. The fourth-order valence-electron chi connectivity index (χ4n) is 9.43. The van der Waals surface area contributed by atoms with Gasteiger partial charge in [-0.1, -0.05) is 120 Å². The average molecular weight is 744 g/mol. The first kappa shape index (κ1) is 32.3. The van der Waals surface area contributed by atoms with E-state index in [2.05, 4.69) is 167 Å². The van der Waals surface area contributed by atoms with Gasteiger partial charge in [-0.3, -0.25) is 0 Å². The Balaban J connectivity index is 1.20. The third-order valence-corrected chi connectivity index (χ3v) is 13.4. The number of ether oxygens (including phenoxy) is 2. The van der Waals surface area contributed by atoms with Gasteiger partial charge in [-0.15, -0.1) is 11.3 Å². The van der Waals surface area contributed by atoms with Crippen molar-refractivity contribution in [1.82, 2.24) is 4.57 Å². The van der Waals surface area contributed by atoms with E-state index in [1.54, 1.807) is 0 Å². The standard InChI is InChI=1S/C50H38BNO3S/c1-49(2,3)27-19-21-37-33(23-27)51-34-24-28(50(4,5)6)20-22-38(34)54-40-26-29(25-39(53-37)45(40)51)52-35-16-10-7-13-30(35)42-46(52)43-32-15-9-12-18-41(32)56-48(43)44-31-14-8-11-17-36(31)55-47(42)44/h7-26H,1-6H3. The van der Waals surface area contributed by atoms with E-state index in [0.29, 0.717) is 0 Å². The number of para-hydroxylation sites is 2. The van der Waals surface area contributed by atoms with Gasteiger partial charge in [0.25, 0.3) is 6.71 Å². The molecule has 0 spiro atoms. The molecule has 12 rings (SSSR count). The van der Waals surface area contributed by atoms with Crippen molar-refractivity contribution in [3.63, 3.8) is 0 Å². The highest BCUT2D eigenvalue weighted by molar-refractivity contribution is 7.27. The first-order valence-corrected chi connectivity index (χ1v) is 20.3. The maximum Gasteiger partial charge on any atom is 0.260 e. The van der Waals surface area contributed by atoms with Crippen LogP contribution in [0.4, 0.5) is 0 Å². The molecule has 5 heterocycles. The van der Waals surface area contributed by atoms with Crippen LogP contribution in [-0.2, 0) is 10.8 Å². The molecule has 10 aromatic rings. The van der Waals surface area contributed by atoms with Crippen molar-refractivity contribution in [3.8, 4) is 28.7 Å². The first-order chi connectivity index (χ1) is 27.0. The minimum Gasteiger partial charge on any atom is -0.458 e. The van der Waals surface area contributed by atoms with E-state index in [0.717, 1.165) is 72.5 Å². The lowest BCUT2D eigenvalue weighted by molar-refractivity contribution is 0.463. The minimum absolute atomic E-state index is 0.0117. The summed E-state index contributed by atoms with van der Waals surface area (Å²) in [4.78, 5) is 0. The van der Waals surface area contributed by atoms with Crippen LogP contribution in [0, 0.1) is 0 Å². The maximum absolute atomic E-state index is 7.01. The van der Waals surface area contributed by atoms with Crippen molar-refractivity contribution in [3.05, 3.63) is 132 Å². The van der Waals surface area contributed by atoms with Gasteiger partial charge in [-0.2, -0.15) is 0 Å². The third kappa shape index (κ3) is 4.31. The SMILES string of the molecule is CC(C)(C)c1ccc2c(c1)B1c3cc(C(C)(C)C)ccc3Oc3cc(-n4c5ccccc5c5c6oc7ccccc7c6c6sc7ccccc7c6c54)cc(c31)O2. The van der Waals surface area contributed by atoms with Gasteiger partial charge in [0, 0.05) is 53.9 Å². The number of nitrogens with zero attached hydrogens (tertiary/aromatic N) is 1. The van der Waals surface area contributed by atoms with Gasteiger partial charge < -0.3 is 18.5 Å². The van der Waals surface area contributed by atoms with Crippen LogP contribution in [0.5, 0.6) is 23.0 Å². The molecule has 0 atom stereocenters. The summed E-state index contributed by atoms with van der Waals surface area (Å²) in [6.45, 7) is 13.6. The molecule has 4 nitrogen and oxygen atoms in total. The van der Waals surface area contributed by atoms with Crippen molar-refractivity contribution >= 4 is 98.4 Å². The van der Waals surface area contributed by atoms with Crippen LogP contribution >= 0.6 is 11.3 Å². The second kappa shape index (κ2) is 10.9. The molecule has 0 aliphatic carbocycles. The summed E-state index contributed by atoms with van der Waals surface area (Å²) in [5.41, 5.74) is 11.1. The fourth-order valence-corrected chi connectivity index (χ4v) is 10.7. The number of hydrogen-bond acceptors (Lipinski definition) is 4. The second-order valence-corrected chi connectivity index (χ2v) is 18.7. The van der Waals surface area contributed by atoms with E-state index in [4.69, 9.17) is 13.9 Å². The fraction of sp³-hybridized carbons (Fsp3) is 0.160. The molecule has 0 saturated heterocycles. The molecule has 0 fully saturated rings. The Kier molecular flexibility index (Phi) is 6.26. The Morgan fingerprint density at radius 1 is 0.554 bits per heavy atom. The van der Waals surface area contributed by atoms with E-state index in [9.17, 15) is 0 Å². The molecule has 0 unspecified atom stereocenters. The molecule has 0 N–H and O–H groups in total. The third-order valence-electron chi connectivity index (χ3n) is 12.2. The highest BCUT2D eigenvalue weighted by Gasteiger charge is 2.42. The zero-order chi connectivity index (χ0) is 37.8. The monoisotopic (exact) mass is 743 g/mol. The smallest absolute Gasteiger partial charge is 0.260 e. The molecule has 0 amide bonds. The van der Waals surface area contributed by atoms with Crippen molar-refractivity contribution in [2.45, 2.75) is 52.4 Å². The normalized spacial score (nSPS) is 13.8. The van der Waals surface area contributed by atoms with Gasteiger partial charge in [0.2, 0.25) is 0 Å². The molecule has 2 aliphatic heterocycles. The quantitative estimate of drug-likeness (QED) is 0.157. The van der Waals surface area contributed by atoms with Gasteiger partial charge in [-0.05, 0) is 63.2 Å². The van der Waals surface area contributed by atoms with Gasteiger partial charge in [0.1, 0.15) is 34.2 Å². The molecule has 3 aromatic heterocycles. The lowest BCUT2D eigenvalue weighted by Crippen LogP contribution is -2.57. The predicted molar refractivity (Wildman–Crippen MR) is 236 cm³/mol. The van der Waals surface area contributed by atoms with Gasteiger partial charge in [0.15, 0.2) is 0 Å². The van der Waals surface area contributed by atoms with Crippen LogP contribution in [0.25, 0.3) is 69.6 Å². The predicted octanol–water partition coefficient (Wildman–Crippen LogP) is 12.4. The van der Waals surface area contributed by atoms with Crippen LogP contribution in [0.3, 0.4) is 0 Å².